The lowest BCUT2D eigenvalue weighted by atomic mass is 9.97. The number of hydrogen-bond acceptors (Lipinski definition) is 5. The predicted molar refractivity (Wildman–Crippen MR) is 117 cm³/mol. The van der Waals surface area contributed by atoms with Crippen molar-refractivity contribution in [3.63, 3.8) is 0 Å². The summed E-state index contributed by atoms with van der Waals surface area (Å²) in [5.41, 5.74) is 6.55. The minimum absolute atomic E-state index is 0.0839. The van der Waals surface area contributed by atoms with Crippen LogP contribution < -0.4 is 4.90 Å². The van der Waals surface area contributed by atoms with Gasteiger partial charge in [0.05, 0.1) is 10.5 Å². The van der Waals surface area contributed by atoms with Crippen LogP contribution in [0, 0.1) is 0 Å². The van der Waals surface area contributed by atoms with Crippen molar-refractivity contribution in [3.8, 4) is 16.9 Å². The van der Waals surface area contributed by atoms with Gasteiger partial charge in [-0.1, -0.05) is 48.5 Å². The Kier molecular flexibility index (Phi) is 4.18. The van der Waals surface area contributed by atoms with Crippen LogP contribution in [0.2, 0.25) is 5.02 Å². The number of nitrogens with zero attached hydrogens (tertiary/aromatic N) is 4. The average Bonchev–Trinajstić information content (AvgIpc) is 3.19. The molecule has 2 aromatic heterocycles. The van der Waals surface area contributed by atoms with Gasteiger partial charge < -0.3 is 10.0 Å². The number of hydrogen-bond donors (Lipinski definition) is 1. The number of phenolic OH excluding ortho intramolecular Hbond substituents is 1. The molecule has 29 heavy (non-hydrogen) atoms. The van der Waals surface area contributed by atoms with Crippen molar-refractivity contribution in [2.45, 2.75) is 6.42 Å². The molecule has 1 aliphatic rings. The third kappa shape index (κ3) is 2.82. The second kappa shape index (κ2) is 6.87. The fourth-order valence-electron chi connectivity index (χ4n) is 3.89. The summed E-state index contributed by atoms with van der Waals surface area (Å²) >= 11 is 6.39. The fourth-order valence-corrected chi connectivity index (χ4v) is 4.12. The molecule has 3 heterocycles. The van der Waals surface area contributed by atoms with Crippen LogP contribution in [0.25, 0.3) is 28.2 Å². The lowest BCUT2D eigenvalue weighted by Gasteiger charge is -2.20. The van der Waals surface area contributed by atoms with Gasteiger partial charge in [0.1, 0.15) is 17.6 Å². The molecule has 0 fully saturated rings. The number of halogens is 1. The first-order chi connectivity index (χ1) is 14.2. The molecular formula is C23H17ClN4O. The SMILES string of the molecule is C=Cc1cnc2c(N3CCc4c(-c5cccc(O)c5Cl)cccc43)ncnc2c1. The van der Waals surface area contributed by atoms with Gasteiger partial charge in [-0.15, -0.1) is 0 Å². The monoisotopic (exact) mass is 400 g/mol. The Morgan fingerprint density at radius 1 is 1.07 bits per heavy atom. The Balaban J connectivity index is 1.66. The van der Waals surface area contributed by atoms with Gasteiger partial charge in [-0.2, -0.15) is 0 Å². The molecule has 1 aliphatic heterocycles. The zero-order valence-corrected chi connectivity index (χ0v) is 16.3. The van der Waals surface area contributed by atoms with E-state index < -0.39 is 0 Å². The molecule has 142 valence electrons. The second-order valence-corrected chi connectivity index (χ2v) is 7.26. The molecule has 0 saturated carbocycles. The van der Waals surface area contributed by atoms with E-state index in [2.05, 4.69) is 32.5 Å². The number of pyridine rings is 1. The number of anilines is 2. The van der Waals surface area contributed by atoms with Gasteiger partial charge in [0, 0.05) is 24.0 Å². The summed E-state index contributed by atoms with van der Waals surface area (Å²) in [7, 11) is 0. The second-order valence-electron chi connectivity index (χ2n) is 6.88. The average molecular weight is 401 g/mol. The first-order valence-corrected chi connectivity index (χ1v) is 9.65. The van der Waals surface area contributed by atoms with E-state index >= 15 is 0 Å². The molecule has 0 unspecified atom stereocenters. The maximum atomic E-state index is 10.0. The molecule has 0 bridgehead atoms. The van der Waals surface area contributed by atoms with Gasteiger partial charge in [-0.25, -0.2) is 9.97 Å². The molecule has 0 spiro atoms. The Morgan fingerprint density at radius 3 is 2.76 bits per heavy atom. The Bertz CT molecular complexity index is 1270. The van der Waals surface area contributed by atoms with Crippen LogP contribution in [-0.4, -0.2) is 26.6 Å². The normalized spacial score (nSPS) is 12.9. The van der Waals surface area contributed by atoms with E-state index in [0.29, 0.717) is 5.02 Å². The third-order valence-corrected chi connectivity index (χ3v) is 5.66. The van der Waals surface area contributed by atoms with E-state index in [0.717, 1.165) is 52.2 Å². The highest BCUT2D eigenvalue weighted by Gasteiger charge is 2.26. The van der Waals surface area contributed by atoms with E-state index in [1.807, 2.05) is 30.3 Å². The van der Waals surface area contributed by atoms with Gasteiger partial charge in [0.25, 0.3) is 0 Å². The van der Waals surface area contributed by atoms with Crippen molar-refractivity contribution in [3.05, 3.63) is 77.7 Å². The molecule has 0 saturated heterocycles. The molecule has 5 nitrogen and oxygen atoms in total. The summed E-state index contributed by atoms with van der Waals surface area (Å²) in [6.07, 6.45) is 5.95. The minimum Gasteiger partial charge on any atom is -0.506 e. The molecule has 4 aromatic rings. The fraction of sp³-hybridized carbons (Fsp3) is 0.0870. The van der Waals surface area contributed by atoms with Crippen LogP contribution in [0.4, 0.5) is 11.5 Å². The molecule has 0 atom stereocenters. The standard InChI is InChI=1S/C23H17ClN4O/c1-2-14-11-18-22(25-12-14)23(27-13-26-18)28-10-9-16-15(5-3-7-19(16)28)17-6-4-8-20(29)21(17)24/h2-8,11-13,29H,1,9-10H2. The highest BCUT2D eigenvalue weighted by molar-refractivity contribution is 6.34. The zero-order valence-electron chi connectivity index (χ0n) is 15.5. The smallest absolute Gasteiger partial charge is 0.163 e. The van der Waals surface area contributed by atoms with Gasteiger partial charge in [-0.3, -0.25) is 4.98 Å². The molecule has 5 rings (SSSR count). The first-order valence-electron chi connectivity index (χ1n) is 9.28. The van der Waals surface area contributed by atoms with Crippen molar-refractivity contribution >= 4 is 40.2 Å². The maximum absolute atomic E-state index is 10.0. The highest BCUT2D eigenvalue weighted by atomic mass is 35.5. The predicted octanol–water partition coefficient (Wildman–Crippen LogP) is 5.39. The topological polar surface area (TPSA) is 62.1 Å². The van der Waals surface area contributed by atoms with E-state index in [1.54, 1.807) is 24.7 Å². The Hall–Kier alpha value is -3.44. The number of aromatic nitrogens is 3. The Labute approximate surface area is 173 Å². The van der Waals surface area contributed by atoms with Crippen LogP contribution in [-0.2, 0) is 6.42 Å². The van der Waals surface area contributed by atoms with E-state index in [4.69, 9.17) is 11.6 Å². The third-order valence-electron chi connectivity index (χ3n) is 5.26. The van der Waals surface area contributed by atoms with E-state index in [-0.39, 0.29) is 5.75 Å². The van der Waals surface area contributed by atoms with E-state index in [9.17, 15) is 5.11 Å². The quantitative estimate of drug-likeness (QED) is 0.499. The van der Waals surface area contributed by atoms with Crippen LogP contribution >= 0.6 is 11.6 Å². The van der Waals surface area contributed by atoms with Gasteiger partial charge in [0.2, 0.25) is 0 Å². The van der Waals surface area contributed by atoms with Gasteiger partial charge in [0.15, 0.2) is 5.82 Å². The summed E-state index contributed by atoms with van der Waals surface area (Å²) in [5, 5.41) is 10.4. The van der Waals surface area contributed by atoms with Crippen molar-refractivity contribution in [1.82, 2.24) is 15.0 Å². The van der Waals surface area contributed by atoms with Crippen molar-refractivity contribution in [2.75, 3.05) is 11.4 Å². The van der Waals surface area contributed by atoms with Crippen molar-refractivity contribution in [2.24, 2.45) is 0 Å². The summed E-state index contributed by atoms with van der Waals surface area (Å²) in [6, 6.07) is 13.4. The van der Waals surface area contributed by atoms with Gasteiger partial charge in [-0.05, 0) is 41.3 Å². The summed E-state index contributed by atoms with van der Waals surface area (Å²) < 4.78 is 0. The molecule has 6 heteroatoms. The summed E-state index contributed by atoms with van der Waals surface area (Å²) in [5.74, 6) is 0.865. The number of aromatic hydroxyl groups is 1. The molecule has 1 N–H and O–H groups in total. The largest absolute Gasteiger partial charge is 0.506 e. The van der Waals surface area contributed by atoms with Crippen LogP contribution in [0.3, 0.4) is 0 Å². The zero-order chi connectivity index (χ0) is 20.0. The maximum Gasteiger partial charge on any atom is 0.163 e. The van der Waals surface area contributed by atoms with Gasteiger partial charge >= 0.3 is 0 Å². The lowest BCUT2D eigenvalue weighted by Crippen LogP contribution is -2.15. The Morgan fingerprint density at radius 2 is 1.90 bits per heavy atom. The van der Waals surface area contributed by atoms with E-state index in [1.165, 1.54) is 5.56 Å². The van der Waals surface area contributed by atoms with Crippen LogP contribution in [0.5, 0.6) is 5.75 Å². The summed E-state index contributed by atoms with van der Waals surface area (Å²) in [6.45, 7) is 4.57. The molecule has 2 aromatic carbocycles. The number of benzene rings is 2. The number of fused-ring (bicyclic) bond motifs is 2. The van der Waals surface area contributed by atoms with Crippen molar-refractivity contribution in [1.29, 1.82) is 0 Å². The minimum atomic E-state index is 0.0839. The summed E-state index contributed by atoms with van der Waals surface area (Å²) in [4.78, 5) is 15.7. The van der Waals surface area contributed by atoms with Crippen LogP contribution in [0.15, 0.2) is 61.6 Å². The first kappa shape index (κ1) is 17.6. The van der Waals surface area contributed by atoms with Crippen LogP contribution in [0.1, 0.15) is 11.1 Å². The lowest BCUT2D eigenvalue weighted by molar-refractivity contribution is 0.476. The molecule has 0 amide bonds. The molecule has 0 radical (unpaired) electrons. The van der Waals surface area contributed by atoms with Crippen molar-refractivity contribution < 1.29 is 5.11 Å². The highest BCUT2D eigenvalue weighted by Crippen LogP contribution is 2.43. The molecule has 0 aliphatic carbocycles. The molecular weight excluding hydrogens is 384 g/mol. The number of phenols is 1. The number of rotatable bonds is 3.